The number of rotatable bonds is 6. The van der Waals surface area contributed by atoms with Crippen LogP contribution in [0.5, 0.6) is 5.75 Å². The van der Waals surface area contributed by atoms with Crippen LogP contribution in [0.2, 0.25) is 0 Å². The van der Waals surface area contributed by atoms with E-state index in [1.165, 1.54) is 43.7 Å². The topological polar surface area (TPSA) is 110 Å². The number of hydrogen-bond donors (Lipinski definition) is 2. The number of sulfonamides is 1. The van der Waals surface area contributed by atoms with Crippen LogP contribution in [0.25, 0.3) is 0 Å². The van der Waals surface area contributed by atoms with E-state index in [0.29, 0.717) is 5.13 Å². The highest BCUT2D eigenvalue weighted by molar-refractivity contribution is 7.89. The Labute approximate surface area is 144 Å². The summed E-state index contributed by atoms with van der Waals surface area (Å²) in [7, 11) is -1.11. The number of anilines is 1. The van der Waals surface area contributed by atoms with Crippen molar-refractivity contribution in [2.45, 2.75) is 24.7 Å². The summed E-state index contributed by atoms with van der Waals surface area (Å²) in [5.41, 5.74) is 0.172. The first-order valence-electron chi connectivity index (χ1n) is 7.04. The minimum atomic E-state index is -3.76. The summed E-state index contributed by atoms with van der Waals surface area (Å²) < 4.78 is 31.3. The number of methoxy groups -OCH3 is 1. The molecule has 0 aliphatic rings. The Hall–Kier alpha value is -2.04. The predicted octanol–water partition coefficient (Wildman–Crippen LogP) is 1.83. The van der Waals surface area contributed by atoms with E-state index in [-0.39, 0.29) is 22.1 Å². The molecule has 0 unspecified atom stereocenters. The van der Waals surface area contributed by atoms with Gasteiger partial charge in [-0.25, -0.2) is 13.1 Å². The predicted molar refractivity (Wildman–Crippen MR) is 91.2 cm³/mol. The van der Waals surface area contributed by atoms with E-state index in [1.54, 1.807) is 0 Å². The minimum absolute atomic E-state index is 0.111. The molecular formula is C14H18N4O4S2. The first-order valence-corrected chi connectivity index (χ1v) is 9.34. The molecule has 10 heteroatoms. The summed E-state index contributed by atoms with van der Waals surface area (Å²) >= 11 is 1.28. The Morgan fingerprint density at radius 2 is 2.00 bits per heavy atom. The zero-order valence-corrected chi connectivity index (χ0v) is 15.3. The average Bonchev–Trinajstić information content (AvgIpc) is 3.03. The van der Waals surface area contributed by atoms with Crippen LogP contribution in [0.1, 0.15) is 35.1 Å². The maximum atomic E-state index is 12.3. The van der Waals surface area contributed by atoms with Crippen LogP contribution in [0.15, 0.2) is 23.1 Å². The van der Waals surface area contributed by atoms with Crippen molar-refractivity contribution < 1.29 is 17.9 Å². The van der Waals surface area contributed by atoms with Gasteiger partial charge < -0.3 is 4.74 Å². The Morgan fingerprint density at radius 1 is 1.29 bits per heavy atom. The molecule has 0 aliphatic heterocycles. The fourth-order valence-electron chi connectivity index (χ4n) is 1.83. The van der Waals surface area contributed by atoms with Crippen LogP contribution in [0, 0.1) is 0 Å². The van der Waals surface area contributed by atoms with E-state index in [1.807, 2.05) is 13.8 Å². The quantitative estimate of drug-likeness (QED) is 0.803. The molecule has 0 saturated carbocycles. The van der Waals surface area contributed by atoms with E-state index in [9.17, 15) is 13.2 Å². The summed E-state index contributed by atoms with van der Waals surface area (Å²) in [5.74, 6) is -0.114. The molecule has 2 rings (SSSR count). The van der Waals surface area contributed by atoms with Gasteiger partial charge in [-0.1, -0.05) is 25.2 Å². The Kier molecular flexibility index (Phi) is 5.52. The first kappa shape index (κ1) is 18.3. The number of amides is 1. The number of nitrogens with one attached hydrogen (secondary N) is 2. The van der Waals surface area contributed by atoms with Crippen molar-refractivity contribution in [3.05, 3.63) is 28.8 Å². The summed E-state index contributed by atoms with van der Waals surface area (Å²) in [6.45, 7) is 3.95. The lowest BCUT2D eigenvalue weighted by atomic mass is 10.2. The van der Waals surface area contributed by atoms with Crippen molar-refractivity contribution >= 4 is 32.4 Å². The minimum Gasteiger partial charge on any atom is -0.495 e. The van der Waals surface area contributed by atoms with Crippen LogP contribution in [0.3, 0.4) is 0 Å². The van der Waals surface area contributed by atoms with Gasteiger partial charge in [-0.05, 0) is 25.2 Å². The average molecular weight is 370 g/mol. The lowest BCUT2D eigenvalue weighted by Gasteiger charge is -2.10. The Morgan fingerprint density at radius 3 is 2.54 bits per heavy atom. The van der Waals surface area contributed by atoms with Crippen molar-refractivity contribution in [3.8, 4) is 5.75 Å². The van der Waals surface area contributed by atoms with Gasteiger partial charge >= 0.3 is 0 Å². The summed E-state index contributed by atoms with van der Waals surface area (Å²) in [6, 6.07) is 4.16. The van der Waals surface area contributed by atoms with Gasteiger partial charge in [0, 0.05) is 11.5 Å². The fourth-order valence-corrected chi connectivity index (χ4v) is 3.48. The molecule has 1 heterocycles. The molecule has 1 aromatic carbocycles. The summed E-state index contributed by atoms with van der Waals surface area (Å²) in [4.78, 5) is 12.2. The molecule has 0 aliphatic carbocycles. The van der Waals surface area contributed by atoms with Crippen molar-refractivity contribution in [2.75, 3.05) is 19.5 Å². The van der Waals surface area contributed by atoms with Gasteiger partial charge in [-0.3, -0.25) is 10.1 Å². The van der Waals surface area contributed by atoms with Gasteiger partial charge in [-0.2, -0.15) is 0 Å². The highest BCUT2D eigenvalue weighted by Gasteiger charge is 2.20. The second kappa shape index (κ2) is 7.24. The smallest absolute Gasteiger partial charge is 0.257 e. The van der Waals surface area contributed by atoms with E-state index >= 15 is 0 Å². The van der Waals surface area contributed by atoms with Crippen LogP contribution in [-0.4, -0.2) is 38.7 Å². The van der Waals surface area contributed by atoms with Gasteiger partial charge in [0.05, 0.1) is 7.11 Å². The molecular weight excluding hydrogens is 352 g/mol. The number of nitrogens with zero attached hydrogens (tertiary/aromatic N) is 2. The van der Waals surface area contributed by atoms with Crippen LogP contribution in [-0.2, 0) is 10.0 Å². The number of ether oxygens (including phenoxy) is 1. The molecule has 0 spiro atoms. The monoisotopic (exact) mass is 370 g/mol. The van der Waals surface area contributed by atoms with Gasteiger partial charge in [0.1, 0.15) is 15.7 Å². The van der Waals surface area contributed by atoms with Gasteiger partial charge in [0.25, 0.3) is 5.91 Å². The van der Waals surface area contributed by atoms with Gasteiger partial charge in [0.15, 0.2) is 0 Å². The second-order valence-corrected chi connectivity index (χ2v) is 7.99. The molecule has 0 fully saturated rings. The normalized spacial score (nSPS) is 11.5. The van der Waals surface area contributed by atoms with E-state index in [4.69, 9.17) is 4.74 Å². The number of benzene rings is 1. The summed E-state index contributed by atoms with van der Waals surface area (Å²) in [5, 5.41) is 11.7. The molecule has 2 N–H and O–H groups in total. The second-order valence-electron chi connectivity index (χ2n) is 5.13. The molecule has 0 bridgehead atoms. The standard InChI is InChI=1S/C14H18N4O4S2/c1-8(2)13-17-18-14(23-13)16-12(19)9-5-6-10(22-4)11(7-9)24(20,21)15-3/h5-8,15H,1-4H3,(H,16,18,19). The third-order valence-corrected chi connectivity index (χ3v) is 5.71. The van der Waals surface area contributed by atoms with Crippen LogP contribution >= 0.6 is 11.3 Å². The zero-order valence-electron chi connectivity index (χ0n) is 13.7. The highest BCUT2D eigenvalue weighted by atomic mass is 32.2. The van der Waals surface area contributed by atoms with Crippen molar-refractivity contribution in [3.63, 3.8) is 0 Å². The van der Waals surface area contributed by atoms with Gasteiger partial charge in [-0.15, -0.1) is 10.2 Å². The lowest BCUT2D eigenvalue weighted by Crippen LogP contribution is -2.20. The maximum absolute atomic E-state index is 12.3. The number of hydrogen-bond acceptors (Lipinski definition) is 7. The third-order valence-electron chi connectivity index (χ3n) is 3.14. The molecule has 1 amide bonds. The zero-order chi connectivity index (χ0) is 17.9. The summed E-state index contributed by atoms with van der Waals surface area (Å²) in [6.07, 6.45) is 0. The van der Waals surface area contributed by atoms with Crippen molar-refractivity contribution in [1.82, 2.24) is 14.9 Å². The van der Waals surface area contributed by atoms with Crippen molar-refractivity contribution in [1.29, 1.82) is 0 Å². The van der Waals surface area contributed by atoms with E-state index < -0.39 is 15.9 Å². The maximum Gasteiger partial charge on any atom is 0.257 e. The van der Waals surface area contributed by atoms with E-state index in [2.05, 4.69) is 20.2 Å². The Balaban J connectivity index is 2.31. The van der Waals surface area contributed by atoms with E-state index in [0.717, 1.165) is 5.01 Å². The first-order chi connectivity index (χ1) is 11.3. The highest BCUT2D eigenvalue weighted by Crippen LogP contribution is 2.26. The van der Waals surface area contributed by atoms with Crippen LogP contribution < -0.4 is 14.8 Å². The lowest BCUT2D eigenvalue weighted by molar-refractivity contribution is 0.102. The van der Waals surface area contributed by atoms with Gasteiger partial charge in [0.2, 0.25) is 15.2 Å². The number of aromatic nitrogens is 2. The largest absolute Gasteiger partial charge is 0.495 e. The SMILES string of the molecule is CNS(=O)(=O)c1cc(C(=O)Nc2nnc(C(C)C)s2)ccc1OC. The Bertz CT molecular complexity index is 846. The van der Waals surface area contributed by atoms with Crippen molar-refractivity contribution in [2.24, 2.45) is 0 Å². The molecule has 0 radical (unpaired) electrons. The molecule has 130 valence electrons. The fraction of sp³-hybridized carbons (Fsp3) is 0.357. The molecule has 1 aromatic heterocycles. The molecule has 24 heavy (non-hydrogen) atoms. The third kappa shape index (κ3) is 3.89. The molecule has 0 saturated heterocycles. The molecule has 0 atom stereocenters. The molecule has 8 nitrogen and oxygen atoms in total. The van der Waals surface area contributed by atoms with Crippen LogP contribution in [0.4, 0.5) is 5.13 Å². The molecule has 2 aromatic rings. The number of carbonyl (C=O) groups is 1. The number of carbonyl (C=O) groups excluding carboxylic acids is 1.